The molecular formula is C9H16N2O2. The molecule has 0 aromatic rings. The maximum atomic E-state index is 11.1. The zero-order valence-electron chi connectivity index (χ0n) is 8.33. The van der Waals surface area contributed by atoms with Crippen LogP contribution in [0.5, 0.6) is 0 Å². The van der Waals surface area contributed by atoms with Gasteiger partial charge in [0.1, 0.15) is 0 Å². The minimum absolute atomic E-state index is 0.0660. The minimum atomic E-state index is -0.195. The molecule has 4 nitrogen and oxygen atoms in total. The molecule has 0 aromatic heterocycles. The van der Waals surface area contributed by atoms with E-state index < -0.39 is 0 Å². The van der Waals surface area contributed by atoms with E-state index in [9.17, 15) is 9.59 Å². The van der Waals surface area contributed by atoms with E-state index in [1.807, 2.05) is 0 Å². The molecule has 0 bridgehead atoms. The molecule has 1 N–H and O–H groups in total. The number of carbonyl (C=O) groups is 2. The van der Waals surface area contributed by atoms with Crippen LogP contribution in [0, 0.1) is 5.92 Å². The van der Waals surface area contributed by atoms with Crippen LogP contribution < -0.4 is 5.32 Å². The van der Waals surface area contributed by atoms with Crippen LogP contribution in [0.2, 0.25) is 0 Å². The maximum absolute atomic E-state index is 11.1. The van der Waals surface area contributed by atoms with Gasteiger partial charge in [0.05, 0.1) is 5.92 Å². The van der Waals surface area contributed by atoms with Crippen LogP contribution in [0.15, 0.2) is 12.7 Å². The highest BCUT2D eigenvalue weighted by Crippen LogP contribution is 1.98. The zero-order chi connectivity index (χ0) is 10.4. The van der Waals surface area contributed by atoms with E-state index in [-0.39, 0.29) is 17.7 Å². The second-order valence-corrected chi connectivity index (χ2v) is 2.94. The summed E-state index contributed by atoms with van der Waals surface area (Å²) < 4.78 is 0. The standard InChI is InChI=1S/C9H16N2O2/c1-5-8(12)11(4)6-7(2)9(13)10-3/h5,7H,1,6H2,2-4H3,(H,10,13). The normalized spacial score (nSPS) is 11.6. The molecule has 1 atom stereocenters. The van der Waals surface area contributed by atoms with Gasteiger partial charge in [0.25, 0.3) is 0 Å². The first-order valence-corrected chi connectivity index (χ1v) is 4.12. The van der Waals surface area contributed by atoms with Crippen LogP contribution in [0.1, 0.15) is 6.92 Å². The van der Waals surface area contributed by atoms with Gasteiger partial charge in [0, 0.05) is 20.6 Å². The highest BCUT2D eigenvalue weighted by Gasteiger charge is 2.15. The summed E-state index contributed by atoms with van der Waals surface area (Å²) in [6, 6.07) is 0. The first-order chi connectivity index (χ1) is 6.02. The van der Waals surface area contributed by atoms with Gasteiger partial charge < -0.3 is 10.2 Å². The highest BCUT2D eigenvalue weighted by molar-refractivity contribution is 5.87. The van der Waals surface area contributed by atoms with Gasteiger partial charge in [0.15, 0.2) is 0 Å². The quantitative estimate of drug-likeness (QED) is 0.626. The summed E-state index contributed by atoms with van der Waals surface area (Å²) in [6.45, 7) is 5.54. The van der Waals surface area contributed by atoms with E-state index in [1.165, 1.54) is 11.0 Å². The summed E-state index contributed by atoms with van der Waals surface area (Å²) in [5, 5.41) is 2.52. The number of hydrogen-bond acceptors (Lipinski definition) is 2. The summed E-state index contributed by atoms with van der Waals surface area (Å²) >= 11 is 0. The van der Waals surface area contributed by atoms with Gasteiger partial charge in [-0.1, -0.05) is 13.5 Å². The molecule has 4 heteroatoms. The number of nitrogens with one attached hydrogen (secondary N) is 1. The van der Waals surface area contributed by atoms with E-state index >= 15 is 0 Å². The van der Waals surface area contributed by atoms with Crippen LogP contribution in [0.4, 0.5) is 0 Å². The fourth-order valence-corrected chi connectivity index (χ4v) is 0.986. The average molecular weight is 184 g/mol. The Balaban J connectivity index is 4.05. The number of amides is 2. The third kappa shape index (κ3) is 3.73. The van der Waals surface area contributed by atoms with Crippen molar-refractivity contribution in [2.45, 2.75) is 6.92 Å². The van der Waals surface area contributed by atoms with Crippen molar-refractivity contribution < 1.29 is 9.59 Å². The molecular weight excluding hydrogens is 168 g/mol. The number of nitrogens with zero attached hydrogens (tertiary/aromatic N) is 1. The zero-order valence-corrected chi connectivity index (χ0v) is 8.33. The Morgan fingerprint density at radius 3 is 2.54 bits per heavy atom. The van der Waals surface area contributed by atoms with Crippen LogP contribution >= 0.6 is 0 Å². The van der Waals surface area contributed by atoms with Gasteiger partial charge in [-0.3, -0.25) is 9.59 Å². The van der Waals surface area contributed by atoms with Crippen LogP contribution in [-0.4, -0.2) is 37.4 Å². The van der Waals surface area contributed by atoms with Crippen molar-refractivity contribution >= 4 is 11.8 Å². The third-order valence-corrected chi connectivity index (χ3v) is 1.79. The highest BCUT2D eigenvalue weighted by atomic mass is 16.2. The van der Waals surface area contributed by atoms with Gasteiger partial charge >= 0.3 is 0 Å². The number of hydrogen-bond donors (Lipinski definition) is 1. The number of likely N-dealkylation sites (N-methyl/N-ethyl adjacent to an activating group) is 1. The SMILES string of the molecule is C=CC(=O)N(C)CC(C)C(=O)NC. The van der Waals surface area contributed by atoms with E-state index in [1.54, 1.807) is 21.0 Å². The van der Waals surface area contributed by atoms with E-state index in [2.05, 4.69) is 11.9 Å². The first-order valence-electron chi connectivity index (χ1n) is 4.12. The van der Waals surface area contributed by atoms with Gasteiger partial charge in [-0.15, -0.1) is 0 Å². The van der Waals surface area contributed by atoms with Crippen molar-refractivity contribution in [1.82, 2.24) is 10.2 Å². The molecule has 0 aliphatic carbocycles. The number of rotatable bonds is 4. The Labute approximate surface area is 78.6 Å². The minimum Gasteiger partial charge on any atom is -0.359 e. The largest absolute Gasteiger partial charge is 0.359 e. The molecule has 1 unspecified atom stereocenters. The predicted octanol–water partition coefficient (Wildman–Crippen LogP) is 0.0129. The molecule has 0 aliphatic heterocycles. The molecule has 0 aliphatic rings. The van der Waals surface area contributed by atoms with Crippen molar-refractivity contribution in [3.8, 4) is 0 Å². The molecule has 0 fully saturated rings. The molecule has 0 rings (SSSR count). The molecule has 13 heavy (non-hydrogen) atoms. The first kappa shape index (κ1) is 11.7. The number of carbonyl (C=O) groups excluding carboxylic acids is 2. The molecule has 0 saturated heterocycles. The van der Waals surface area contributed by atoms with E-state index in [0.717, 1.165) is 0 Å². The van der Waals surface area contributed by atoms with Crippen LogP contribution in [0.3, 0.4) is 0 Å². The smallest absolute Gasteiger partial charge is 0.245 e. The molecule has 2 amide bonds. The maximum Gasteiger partial charge on any atom is 0.245 e. The topological polar surface area (TPSA) is 49.4 Å². The molecule has 0 aromatic carbocycles. The lowest BCUT2D eigenvalue weighted by Gasteiger charge is -2.18. The molecule has 0 spiro atoms. The molecule has 0 radical (unpaired) electrons. The van der Waals surface area contributed by atoms with Gasteiger partial charge in [-0.05, 0) is 6.08 Å². The summed E-state index contributed by atoms with van der Waals surface area (Å²) in [5.74, 6) is -0.432. The monoisotopic (exact) mass is 184 g/mol. The lowest BCUT2D eigenvalue weighted by molar-refractivity contribution is -0.128. The Morgan fingerprint density at radius 2 is 2.15 bits per heavy atom. The second-order valence-electron chi connectivity index (χ2n) is 2.94. The Kier molecular flexibility index (Phi) is 4.80. The average Bonchev–Trinajstić information content (AvgIpc) is 2.14. The van der Waals surface area contributed by atoms with Gasteiger partial charge in [-0.2, -0.15) is 0 Å². The Bertz CT molecular complexity index is 214. The fourth-order valence-electron chi connectivity index (χ4n) is 0.986. The second kappa shape index (κ2) is 5.35. The summed E-state index contributed by atoms with van der Waals surface area (Å²) in [4.78, 5) is 23.6. The Morgan fingerprint density at radius 1 is 1.62 bits per heavy atom. The molecule has 0 saturated carbocycles. The summed E-state index contributed by atoms with van der Waals surface area (Å²) in [6.07, 6.45) is 1.23. The summed E-state index contributed by atoms with van der Waals surface area (Å²) in [7, 11) is 3.22. The van der Waals surface area contributed by atoms with Crippen molar-refractivity contribution in [1.29, 1.82) is 0 Å². The predicted molar refractivity (Wildman–Crippen MR) is 51.1 cm³/mol. The van der Waals surface area contributed by atoms with E-state index in [4.69, 9.17) is 0 Å². The van der Waals surface area contributed by atoms with Crippen LogP contribution in [-0.2, 0) is 9.59 Å². The molecule has 74 valence electrons. The third-order valence-electron chi connectivity index (χ3n) is 1.79. The fraction of sp³-hybridized carbons (Fsp3) is 0.556. The van der Waals surface area contributed by atoms with Gasteiger partial charge in [-0.25, -0.2) is 0 Å². The van der Waals surface area contributed by atoms with Gasteiger partial charge in [0.2, 0.25) is 11.8 Å². The van der Waals surface area contributed by atoms with Crippen molar-refractivity contribution in [2.24, 2.45) is 5.92 Å². The van der Waals surface area contributed by atoms with Crippen LogP contribution in [0.25, 0.3) is 0 Å². The molecule has 0 heterocycles. The van der Waals surface area contributed by atoms with Crippen molar-refractivity contribution in [2.75, 3.05) is 20.6 Å². The van der Waals surface area contributed by atoms with Crippen molar-refractivity contribution in [3.63, 3.8) is 0 Å². The van der Waals surface area contributed by atoms with Crippen molar-refractivity contribution in [3.05, 3.63) is 12.7 Å². The summed E-state index contributed by atoms with van der Waals surface area (Å²) in [5.41, 5.74) is 0. The lowest BCUT2D eigenvalue weighted by atomic mass is 10.1. The Hall–Kier alpha value is -1.32. The lowest BCUT2D eigenvalue weighted by Crippen LogP contribution is -2.36. The van der Waals surface area contributed by atoms with E-state index in [0.29, 0.717) is 6.54 Å².